The van der Waals surface area contributed by atoms with Crippen LogP contribution in [0.25, 0.3) is 0 Å². The van der Waals surface area contributed by atoms with Gasteiger partial charge in [-0.2, -0.15) is 0 Å². The first-order valence-corrected chi connectivity index (χ1v) is 37.5. The average Bonchev–Trinajstić information content (AvgIpc) is 3.51. The Morgan fingerprint density at radius 2 is 0.541 bits per heavy atom. The van der Waals surface area contributed by atoms with Crippen LogP contribution in [-0.2, 0) is 65.4 Å². The van der Waals surface area contributed by atoms with E-state index >= 15 is 0 Å². The Morgan fingerprint density at radius 3 is 0.800 bits per heavy atom. The molecule has 0 spiro atoms. The zero-order valence-electron chi connectivity index (χ0n) is 54.9. The highest BCUT2D eigenvalue weighted by Gasteiger charge is 2.30. The van der Waals surface area contributed by atoms with Gasteiger partial charge in [-0.15, -0.1) is 0 Å². The van der Waals surface area contributed by atoms with Crippen molar-refractivity contribution in [1.82, 2.24) is 0 Å². The minimum Gasteiger partial charge on any atom is -0.462 e. The van der Waals surface area contributed by atoms with Crippen LogP contribution in [0.2, 0.25) is 0 Å². The van der Waals surface area contributed by atoms with Gasteiger partial charge in [-0.25, -0.2) is 9.13 Å². The van der Waals surface area contributed by atoms with Gasteiger partial charge in [-0.3, -0.25) is 37.3 Å². The molecule has 504 valence electrons. The zero-order chi connectivity index (χ0) is 62.9. The quantitative estimate of drug-likeness (QED) is 0.0222. The summed E-state index contributed by atoms with van der Waals surface area (Å²) in [4.78, 5) is 72.0. The molecule has 0 amide bonds. The first-order chi connectivity index (χ1) is 40.9. The number of unbranched alkanes of at least 4 members (excludes halogenated alkanes) is 35. The molecule has 0 fully saturated rings. The molecule has 0 radical (unpaired) electrons. The number of ether oxygens (including phenoxy) is 4. The van der Waals surface area contributed by atoms with Gasteiger partial charge in [0, 0.05) is 25.7 Å². The fourth-order valence-electron chi connectivity index (χ4n) is 9.88. The van der Waals surface area contributed by atoms with Crippen molar-refractivity contribution < 1.29 is 80.2 Å². The zero-order valence-corrected chi connectivity index (χ0v) is 56.7. The van der Waals surface area contributed by atoms with E-state index in [9.17, 15) is 43.2 Å². The molecule has 0 bridgehead atoms. The summed E-state index contributed by atoms with van der Waals surface area (Å²) >= 11 is 0. The van der Waals surface area contributed by atoms with Gasteiger partial charge in [0.25, 0.3) is 0 Å². The van der Waals surface area contributed by atoms with E-state index in [-0.39, 0.29) is 25.7 Å². The third kappa shape index (κ3) is 60.7. The highest BCUT2D eigenvalue weighted by atomic mass is 31.2. The summed E-state index contributed by atoms with van der Waals surface area (Å²) in [6.07, 6.45) is 42.5. The lowest BCUT2D eigenvalue weighted by atomic mass is 10.0. The van der Waals surface area contributed by atoms with Crippen LogP contribution in [0, 0.1) is 11.8 Å². The second-order valence-electron chi connectivity index (χ2n) is 24.8. The van der Waals surface area contributed by atoms with E-state index in [1.807, 2.05) is 0 Å². The molecule has 0 heterocycles. The molecule has 0 aliphatic heterocycles. The van der Waals surface area contributed by atoms with Crippen LogP contribution in [0.3, 0.4) is 0 Å². The molecular weight excluding hydrogens is 1130 g/mol. The number of phosphoric acid groups is 2. The average molecular weight is 1260 g/mol. The minimum absolute atomic E-state index is 0.102. The van der Waals surface area contributed by atoms with Crippen molar-refractivity contribution in [3.8, 4) is 0 Å². The summed E-state index contributed by atoms with van der Waals surface area (Å²) in [5, 5.41) is 10.5. The van der Waals surface area contributed by atoms with Gasteiger partial charge in [0.1, 0.15) is 19.3 Å². The van der Waals surface area contributed by atoms with Gasteiger partial charge in [-0.05, 0) is 37.5 Å². The highest BCUT2D eigenvalue weighted by molar-refractivity contribution is 7.47. The molecule has 0 aliphatic rings. The Hall–Kier alpha value is -1.94. The van der Waals surface area contributed by atoms with Crippen molar-refractivity contribution in [1.29, 1.82) is 0 Å². The number of carbonyl (C=O) groups is 4. The molecule has 0 aliphatic carbocycles. The highest BCUT2D eigenvalue weighted by Crippen LogP contribution is 2.45. The third-order valence-electron chi connectivity index (χ3n) is 15.2. The molecule has 17 nitrogen and oxygen atoms in total. The summed E-state index contributed by atoms with van der Waals surface area (Å²) in [6, 6.07) is 0. The number of hydrogen-bond donors (Lipinski definition) is 3. The first-order valence-electron chi connectivity index (χ1n) is 34.5. The van der Waals surface area contributed by atoms with Gasteiger partial charge in [0.05, 0.1) is 26.4 Å². The van der Waals surface area contributed by atoms with E-state index in [0.717, 1.165) is 103 Å². The van der Waals surface area contributed by atoms with E-state index in [4.69, 9.17) is 37.0 Å². The number of carbonyl (C=O) groups excluding carboxylic acids is 4. The van der Waals surface area contributed by atoms with Gasteiger partial charge >= 0.3 is 39.5 Å². The van der Waals surface area contributed by atoms with Crippen LogP contribution < -0.4 is 0 Å². The molecule has 0 rings (SSSR count). The number of phosphoric ester groups is 2. The second-order valence-corrected chi connectivity index (χ2v) is 27.7. The standard InChI is InChI=1S/C66H128O17P2/c1-7-9-11-13-14-15-16-17-18-19-20-21-22-23-24-25-26-31-38-44-50-65(70)83-62(55-77-64(69)49-43-37-32-27-29-35-40-46-58(3)4)57-81-85(74,75)79-53-60(67)52-78-84(72,73)80-56-61(54-76-63(68)48-42-34-12-10-8-2)82-66(71)51-45-39-33-28-30-36-41-47-59(5)6/h58-62,67H,7-57H2,1-6H3,(H,72,73)(H,74,75)/t60-,61+,62+/m0/s1. The molecular formula is C66H128O17P2. The lowest BCUT2D eigenvalue weighted by Gasteiger charge is -2.21. The maximum absolute atomic E-state index is 13.0. The molecule has 0 aromatic heterocycles. The molecule has 19 heteroatoms. The van der Waals surface area contributed by atoms with Crippen LogP contribution in [0.4, 0.5) is 0 Å². The van der Waals surface area contributed by atoms with Crippen LogP contribution in [0.1, 0.15) is 330 Å². The number of rotatable bonds is 65. The van der Waals surface area contributed by atoms with Gasteiger partial charge in [0.15, 0.2) is 12.2 Å². The maximum atomic E-state index is 13.0. The molecule has 0 aromatic carbocycles. The number of aliphatic hydroxyl groups excluding tert-OH is 1. The van der Waals surface area contributed by atoms with E-state index in [2.05, 4.69) is 41.5 Å². The summed E-state index contributed by atoms with van der Waals surface area (Å²) in [5.41, 5.74) is 0. The number of hydrogen-bond acceptors (Lipinski definition) is 15. The Labute approximate surface area is 517 Å². The summed E-state index contributed by atoms with van der Waals surface area (Å²) in [6.45, 7) is 9.30. The SMILES string of the molecule is CCCCCCCCCCCCCCCCCCCCCCC(=O)O[C@H](COC(=O)CCCCCCCCCC(C)C)COP(=O)(O)OC[C@@H](O)COP(=O)(O)OC[C@@H](COC(=O)CCCCCCC)OC(=O)CCCCCCCCCC(C)C. The second kappa shape index (κ2) is 58.4. The van der Waals surface area contributed by atoms with E-state index in [1.165, 1.54) is 135 Å². The third-order valence-corrected chi connectivity index (χ3v) is 17.1. The van der Waals surface area contributed by atoms with Crippen molar-refractivity contribution in [3.05, 3.63) is 0 Å². The summed E-state index contributed by atoms with van der Waals surface area (Å²) in [5.74, 6) is -0.745. The summed E-state index contributed by atoms with van der Waals surface area (Å²) < 4.78 is 67.8. The van der Waals surface area contributed by atoms with Crippen molar-refractivity contribution in [2.24, 2.45) is 11.8 Å². The largest absolute Gasteiger partial charge is 0.472 e. The smallest absolute Gasteiger partial charge is 0.462 e. The topological polar surface area (TPSA) is 237 Å². The predicted octanol–water partition coefficient (Wildman–Crippen LogP) is 18.4. The van der Waals surface area contributed by atoms with E-state index in [1.54, 1.807) is 0 Å². The van der Waals surface area contributed by atoms with E-state index < -0.39 is 97.5 Å². The Bertz CT molecular complexity index is 1670. The predicted molar refractivity (Wildman–Crippen MR) is 340 cm³/mol. The Morgan fingerprint density at radius 1 is 0.318 bits per heavy atom. The molecule has 0 aromatic rings. The van der Waals surface area contributed by atoms with Crippen LogP contribution in [-0.4, -0.2) is 96.7 Å². The van der Waals surface area contributed by atoms with Crippen LogP contribution in [0.15, 0.2) is 0 Å². The Kier molecular flexibility index (Phi) is 57.1. The Balaban J connectivity index is 5.09. The molecule has 2 unspecified atom stereocenters. The normalized spacial score (nSPS) is 14.2. The maximum Gasteiger partial charge on any atom is 0.472 e. The van der Waals surface area contributed by atoms with Gasteiger partial charge in [0.2, 0.25) is 0 Å². The van der Waals surface area contributed by atoms with Gasteiger partial charge in [-0.1, -0.05) is 279 Å². The number of esters is 4. The van der Waals surface area contributed by atoms with Crippen molar-refractivity contribution in [2.75, 3.05) is 39.6 Å². The van der Waals surface area contributed by atoms with Crippen LogP contribution in [0.5, 0.6) is 0 Å². The van der Waals surface area contributed by atoms with Crippen molar-refractivity contribution in [2.45, 2.75) is 349 Å². The molecule has 85 heavy (non-hydrogen) atoms. The fraction of sp³-hybridized carbons (Fsp3) is 0.939. The van der Waals surface area contributed by atoms with Crippen molar-refractivity contribution in [3.63, 3.8) is 0 Å². The minimum atomic E-state index is -4.94. The van der Waals surface area contributed by atoms with Crippen molar-refractivity contribution >= 4 is 39.5 Å². The first kappa shape index (κ1) is 83.1. The van der Waals surface area contributed by atoms with Crippen LogP contribution >= 0.6 is 15.6 Å². The molecule has 5 atom stereocenters. The lowest BCUT2D eigenvalue weighted by molar-refractivity contribution is -0.161. The lowest BCUT2D eigenvalue weighted by Crippen LogP contribution is -2.30. The fourth-order valence-corrected chi connectivity index (χ4v) is 11.5. The summed E-state index contributed by atoms with van der Waals surface area (Å²) in [7, 11) is -9.88. The van der Waals surface area contributed by atoms with E-state index in [0.29, 0.717) is 37.5 Å². The molecule has 3 N–H and O–H groups in total. The number of aliphatic hydroxyl groups is 1. The van der Waals surface area contributed by atoms with Gasteiger partial charge < -0.3 is 33.8 Å². The monoisotopic (exact) mass is 1250 g/mol. The molecule has 0 saturated heterocycles. The molecule has 0 saturated carbocycles.